The topological polar surface area (TPSA) is 88.3 Å². The van der Waals surface area contributed by atoms with Gasteiger partial charge in [0.15, 0.2) is 14.1 Å². The number of carbonyl (C=O) groups excluding carboxylic acids is 1. The van der Waals surface area contributed by atoms with E-state index in [1.165, 1.54) is 22.7 Å². The van der Waals surface area contributed by atoms with Crippen molar-refractivity contribution in [3.05, 3.63) is 53.1 Å². The van der Waals surface area contributed by atoms with E-state index < -0.39 is 8.32 Å². The van der Waals surface area contributed by atoms with E-state index in [0.29, 0.717) is 36.7 Å². The molecule has 2 aliphatic rings. The quantitative estimate of drug-likeness (QED) is 0.264. The first-order chi connectivity index (χ1) is 19.3. The van der Waals surface area contributed by atoms with Crippen molar-refractivity contribution in [3.8, 4) is 33.8 Å². The molecule has 1 atom stereocenters. The van der Waals surface area contributed by atoms with Crippen LogP contribution >= 0.6 is 11.5 Å². The lowest BCUT2D eigenvalue weighted by Gasteiger charge is -2.36. The number of fused-ring (bicyclic) bond motifs is 2. The molecule has 1 saturated heterocycles. The molecule has 7 nitrogen and oxygen atoms in total. The van der Waals surface area contributed by atoms with Gasteiger partial charge in [-0.05, 0) is 85.7 Å². The SMILES string of the molecule is CC(C)Oc1ccc(-c2nc(-c3cccc4c3CCC43CC(=O)N(CCO[Si](C)(C)C(C)(C)C)C3)ns2)cc1C#N. The second kappa shape index (κ2) is 11.0. The highest BCUT2D eigenvalue weighted by atomic mass is 32.1. The molecule has 0 N–H and O–H groups in total. The summed E-state index contributed by atoms with van der Waals surface area (Å²) in [6.45, 7) is 17.1. The predicted octanol–water partition coefficient (Wildman–Crippen LogP) is 6.97. The molecule has 2 heterocycles. The second-order valence-corrected chi connectivity index (χ2v) is 18.7. The van der Waals surface area contributed by atoms with Gasteiger partial charge in [-0.2, -0.15) is 9.64 Å². The summed E-state index contributed by atoms with van der Waals surface area (Å²) in [5.41, 5.74) is 4.72. The van der Waals surface area contributed by atoms with Gasteiger partial charge in [-0.3, -0.25) is 4.79 Å². The highest BCUT2D eigenvalue weighted by Crippen LogP contribution is 2.48. The molecule has 1 amide bonds. The normalized spacial score (nSPS) is 18.8. The van der Waals surface area contributed by atoms with Gasteiger partial charge >= 0.3 is 0 Å². The molecule has 9 heteroatoms. The van der Waals surface area contributed by atoms with Crippen LogP contribution in [-0.2, 0) is 21.1 Å². The van der Waals surface area contributed by atoms with Crippen molar-refractivity contribution in [2.75, 3.05) is 19.7 Å². The molecule has 1 spiro atoms. The molecule has 0 saturated carbocycles. The van der Waals surface area contributed by atoms with Crippen LogP contribution in [0.15, 0.2) is 36.4 Å². The Morgan fingerprint density at radius 2 is 2.00 bits per heavy atom. The summed E-state index contributed by atoms with van der Waals surface area (Å²) < 4.78 is 16.9. The first kappa shape index (κ1) is 29.4. The Balaban J connectivity index is 1.35. The van der Waals surface area contributed by atoms with Crippen LogP contribution in [0.5, 0.6) is 5.75 Å². The molecule has 1 aromatic heterocycles. The van der Waals surface area contributed by atoms with E-state index in [9.17, 15) is 10.1 Å². The molecule has 1 aliphatic heterocycles. The number of ether oxygens (including phenoxy) is 1. The molecular weight excluding hydrogens is 549 g/mol. The van der Waals surface area contributed by atoms with Crippen LogP contribution in [0.1, 0.15) is 64.2 Å². The van der Waals surface area contributed by atoms with Gasteiger partial charge in [0.25, 0.3) is 0 Å². The number of amides is 1. The highest BCUT2D eigenvalue weighted by Gasteiger charge is 2.48. The number of benzene rings is 2. The fraction of sp³-hybridized carbons (Fsp3) is 0.500. The number of hydrogen-bond acceptors (Lipinski definition) is 7. The number of aromatic nitrogens is 2. The van der Waals surface area contributed by atoms with E-state index in [-0.39, 0.29) is 22.5 Å². The third-order valence-corrected chi connectivity index (χ3v) is 14.2. The van der Waals surface area contributed by atoms with Gasteiger partial charge in [-0.1, -0.05) is 39.0 Å². The van der Waals surface area contributed by atoms with Crippen LogP contribution < -0.4 is 4.74 Å². The lowest BCUT2D eigenvalue weighted by molar-refractivity contribution is -0.128. The number of nitrogens with zero attached hydrogens (tertiary/aromatic N) is 4. The maximum absolute atomic E-state index is 13.2. The number of carbonyl (C=O) groups is 1. The van der Waals surface area contributed by atoms with Crippen molar-refractivity contribution in [1.82, 2.24) is 14.3 Å². The van der Waals surface area contributed by atoms with Crippen molar-refractivity contribution < 1.29 is 14.0 Å². The molecule has 2 aromatic carbocycles. The molecule has 1 fully saturated rings. The van der Waals surface area contributed by atoms with Crippen molar-refractivity contribution >= 4 is 25.8 Å². The number of likely N-dealkylation sites (tertiary alicyclic amines) is 1. The standard InChI is InChI=1S/C32H40N4O3SSi/c1-21(2)39-27-12-11-22(17-23(27)19-33)30-34-29(35-40-30)25-9-8-10-26-24(25)13-14-32(26)18-28(37)36(20-32)15-16-38-41(6,7)31(3,4)5/h8-12,17,21H,13-16,18,20H2,1-7H3. The van der Waals surface area contributed by atoms with Crippen LogP contribution in [0.3, 0.4) is 0 Å². The summed E-state index contributed by atoms with van der Waals surface area (Å²) in [5.74, 6) is 1.49. The molecule has 0 bridgehead atoms. The number of nitriles is 1. The zero-order valence-electron chi connectivity index (χ0n) is 25.2. The molecule has 216 valence electrons. The van der Waals surface area contributed by atoms with Crippen molar-refractivity contribution in [1.29, 1.82) is 5.26 Å². The fourth-order valence-electron chi connectivity index (χ4n) is 5.71. The average molecular weight is 589 g/mol. The first-order valence-electron chi connectivity index (χ1n) is 14.4. The maximum Gasteiger partial charge on any atom is 0.223 e. The lowest BCUT2D eigenvalue weighted by atomic mass is 9.80. The Morgan fingerprint density at radius 1 is 1.22 bits per heavy atom. The first-order valence-corrected chi connectivity index (χ1v) is 18.1. The number of rotatable bonds is 8. The van der Waals surface area contributed by atoms with Gasteiger partial charge < -0.3 is 14.1 Å². The van der Waals surface area contributed by atoms with Crippen molar-refractivity contribution in [2.45, 2.75) is 83.5 Å². The van der Waals surface area contributed by atoms with Crippen molar-refractivity contribution in [3.63, 3.8) is 0 Å². The Bertz CT molecular complexity index is 1500. The minimum atomic E-state index is -1.85. The van der Waals surface area contributed by atoms with E-state index in [1.807, 2.05) is 36.9 Å². The van der Waals surface area contributed by atoms with Gasteiger partial charge in [0, 0.05) is 36.1 Å². The highest BCUT2D eigenvalue weighted by molar-refractivity contribution is 7.09. The monoisotopic (exact) mass is 588 g/mol. The van der Waals surface area contributed by atoms with Gasteiger partial charge in [-0.25, -0.2) is 4.98 Å². The van der Waals surface area contributed by atoms with E-state index in [0.717, 1.165) is 35.5 Å². The van der Waals surface area contributed by atoms with E-state index in [1.54, 1.807) is 0 Å². The molecule has 41 heavy (non-hydrogen) atoms. The van der Waals surface area contributed by atoms with Gasteiger partial charge in [-0.15, -0.1) is 0 Å². The summed E-state index contributed by atoms with van der Waals surface area (Å²) in [7, 11) is -1.85. The predicted molar refractivity (Wildman–Crippen MR) is 166 cm³/mol. The summed E-state index contributed by atoms with van der Waals surface area (Å²) in [6.07, 6.45) is 2.38. The fourth-order valence-corrected chi connectivity index (χ4v) is 7.41. The van der Waals surface area contributed by atoms with E-state index in [2.05, 4.69) is 58.1 Å². The van der Waals surface area contributed by atoms with Crippen LogP contribution in [0, 0.1) is 11.3 Å². The van der Waals surface area contributed by atoms with E-state index >= 15 is 0 Å². The lowest BCUT2D eigenvalue weighted by Crippen LogP contribution is -2.43. The summed E-state index contributed by atoms with van der Waals surface area (Å²) in [6, 6.07) is 14.2. The number of hydrogen-bond donors (Lipinski definition) is 0. The zero-order valence-corrected chi connectivity index (χ0v) is 27.0. The summed E-state index contributed by atoms with van der Waals surface area (Å²) in [4.78, 5) is 20.1. The van der Waals surface area contributed by atoms with E-state index in [4.69, 9.17) is 18.5 Å². The van der Waals surface area contributed by atoms with Gasteiger partial charge in [0.2, 0.25) is 5.91 Å². The Hall–Kier alpha value is -3.06. The van der Waals surface area contributed by atoms with Crippen LogP contribution in [-0.4, -0.2) is 54.3 Å². The maximum atomic E-state index is 13.2. The molecule has 3 aromatic rings. The largest absolute Gasteiger partial charge is 0.490 e. The smallest absolute Gasteiger partial charge is 0.223 e. The Labute approximate surface area is 248 Å². The van der Waals surface area contributed by atoms with Crippen LogP contribution in [0.2, 0.25) is 18.1 Å². The second-order valence-electron chi connectivity index (χ2n) is 13.1. The van der Waals surface area contributed by atoms with Crippen LogP contribution in [0.25, 0.3) is 22.0 Å². The summed E-state index contributed by atoms with van der Waals surface area (Å²) in [5, 5.41) is 10.6. The third kappa shape index (κ3) is 5.70. The third-order valence-electron chi connectivity index (χ3n) is 8.94. The summed E-state index contributed by atoms with van der Waals surface area (Å²) >= 11 is 1.33. The van der Waals surface area contributed by atoms with Crippen LogP contribution in [0.4, 0.5) is 0 Å². The Morgan fingerprint density at radius 3 is 2.71 bits per heavy atom. The van der Waals surface area contributed by atoms with Gasteiger partial charge in [0.05, 0.1) is 18.3 Å². The average Bonchev–Trinajstić information content (AvgIpc) is 3.61. The molecule has 0 radical (unpaired) electrons. The zero-order chi connectivity index (χ0) is 29.6. The minimum Gasteiger partial charge on any atom is -0.490 e. The van der Waals surface area contributed by atoms with Crippen molar-refractivity contribution in [2.24, 2.45) is 0 Å². The molecular formula is C32H40N4O3SSi. The molecule has 1 unspecified atom stereocenters. The Kier molecular flexibility index (Phi) is 7.88. The minimum absolute atomic E-state index is 0.0117. The van der Waals surface area contributed by atoms with Gasteiger partial charge in [0.1, 0.15) is 16.8 Å². The molecule has 5 rings (SSSR count). The molecule has 1 aliphatic carbocycles.